The molecule has 1 fully saturated rings. The van der Waals surface area contributed by atoms with Crippen LogP contribution in [0.2, 0.25) is 0 Å². The van der Waals surface area contributed by atoms with Gasteiger partial charge in [-0.05, 0) is 34.0 Å². The van der Waals surface area contributed by atoms with Gasteiger partial charge in [0.1, 0.15) is 16.5 Å². The van der Waals surface area contributed by atoms with Crippen LogP contribution >= 0.6 is 15.9 Å². The average molecular weight is 414 g/mol. The van der Waals surface area contributed by atoms with Crippen molar-refractivity contribution in [3.8, 4) is 5.75 Å². The van der Waals surface area contributed by atoms with Crippen LogP contribution in [0.1, 0.15) is 6.92 Å². The third kappa shape index (κ3) is 3.69. The van der Waals surface area contributed by atoms with Gasteiger partial charge in [-0.2, -0.15) is 4.31 Å². The Morgan fingerprint density at radius 1 is 1.45 bits per heavy atom. The fourth-order valence-electron chi connectivity index (χ4n) is 2.32. The molecule has 2 rings (SSSR count). The van der Waals surface area contributed by atoms with Crippen LogP contribution in [0.4, 0.5) is 4.39 Å². The number of hydrogen-bond donors (Lipinski definition) is 0. The molecule has 9 heteroatoms. The van der Waals surface area contributed by atoms with E-state index in [1.165, 1.54) is 17.5 Å². The van der Waals surface area contributed by atoms with E-state index in [1.54, 1.807) is 0 Å². The highest BCUT2D eigenvalue weighted by molar-refractivity contribution is 9.10. The lowest BCUT2D eigenvalue weighted by atomic mass is 10.2. The van der Waals surface area contributed by atoms with Gasteiger partial charge in [-0.15, -0.1) is 0 Å². The van der Waals surface area contributed by atoms with Gasteiger partial charge in [-0.25, -0.2) is 12.8 Å². The van der Waals surface area contributed by atoms with E-state index in [9.17, 15) is 17.0 Å². The largest absolute Gasteiger partial charge is 0.495 e. The normalized spacial score (nSPS) is 24.0. The summed E-state index contributed by atoms with van der Waals surface area (Å²) < 4.78 is 57.6. The van der Waals surface area contributed by atoms with Crippen molar-refractivity contribution in [3.63, 3.8) is 0 Å². The van der Waals surface area contributed by atoms with Crippen molar-refractivity contribution in [1.29, 1.82) is 0 Å². The zero-order valence-corrected chi connectivity index (χ0v) is 15.4. The lowest BCUT2D eigenvalue weighted by molar-refractivity contribution is 0.377. The number of nitrogens with zero attached hydrogens (tertiary/aromatic N) is 1. The minimum absolute atomic E-state index is 0.0237. The summed E-state index contributed by atoms with van der Waals surface area (Å²) in [5.74, 6) is 0.129. The lowest BCUT2D eigenvalue weighted by Crippen LogP contribution is -2.35. The first kappa shape index (κ1) is 17.8. The molecule has 0 saturated carbocycles. The summed E-state index contributed by atoms with van der Waals surface area (Å²) in [4.78, 5) is -0.212. The minimum Gasteiger partial charge on any atom is -0.495 e. The zero-order chi connectivity index (χ0) is 16.5. The molecule has 1 heterocycles. The van der Waals surface area contributed by atoms with Crippen LogP contribution in [0.3, 0.4) is 0 Å². The monoisotopic (exact) mass is 413 g/mol. The summed E-state index contributed by atoms with van der Waals surface area (Å²) in [5, 5.41) is 0. The van der Waals surface area contributed by atoms with Gasteiger partial charge < -0.3 is 4.74 Å². The van der Waals surface area contributed by atoms with Crippen molar-refractivity contribution in [3.05, 3.63) is 22.4 Å². The summed E-state index contributed by atoms with van der Waals surface area (Å²) in [5.41, 5.74) is 0. The predicted molar refractivity (Wildman–Crippen MR) is 86.5 cm³/mol. The van der Waals surface area contributed by atoms with Crippen LogP contribution in [0.5, 0.6) is 5.75 Å². The fraction of sp³-hybridized carbons (Fsp3) is 0.538. The summed E-state index contributed by atoms with van der Waals surface area (Å²) in [7, 11) is -3.61. The standard InChI is InChI=1S/C13H17BrFNO4S2/c1-9-7-16(3-4-21(17)8-9)22(18,19)13-6-11(15)10(14)5-12(13)20-2/h5-6,9H,3-4,7-8H2,1-2H3/t9-,21-/m1/s1. The summed E-state index contributed by atoms with van der Waals surface area (Å²) in [6, 6.07) is 2.24. The number of hydrogen-bond acceptors (Lipinski definition) is 4. The van der Waals surface area contributed by atoms with E-state index in [0.717, 1.165) is 6.07 Å². The molecule has 124 valence electrons. The Kier molecular flexibility index (Phi) is 5.63. The van der Waals surface area contributed by atoms with E-state index in [-0.39, 0.29) is 39.9 Å². The van der Waals surface area contributed by atoms with Gasteiger partial charge in [0.15, 0.2) is 0 Å². The maximum absolute atomic E-state index is 13.8. The van der Waals surface area contributed by atoms with Crippen LogP contribution in [-0.4, -0.2) is 48.6 Å². The molecule has 0 spiro atoms. The number of rotatable bonds is 3. The molecule has 0 aromatic heterocycles. The van der Waals surface area contributed by atoms with Crippen molar-refractivity contribution in [1.82, 2.24) is 4.31 Å². The minimum atomic E-state index is -3.91. The summed E-state index contributed by atoms with van der Waals surface area (Å²) >= 11 is 3.01. The van der Waals surface area contributed by atoms with Gasteiger partial charge in [0, 0.05) is 35.4 Å². The number of sulfonamides is 1. The number of ether oxygens (including phenoxy) is 1. The Morgan fingerprint density at radius 2 is 2.14 bits per heavy atom. The number of methoxy groups -OCH3 is 1. The first-order chi connectivity index (χ1) is 10.3. The second kappa shape index (κ2) is 6.94. The fourth-order valence-corrected chi connectivity index (χ4v) is 5.80. The second-order valence-electron chi connectivity index (χ2n) is 5.20. The van der Waals surface area contributed by atoms with Crippen molar-refractivity contribution >= 4 is 36.8 Å². The smallest absolute Gasteiger partial charge is 0.246 e. The molecule has 1 aliphatic rings. The molecule has 0 unspecified atom stereocenters. The third-order valence-corrected chi connectivity index (χ3v) is 7.45. The van der Waals surface area contributed by atoms with Gasteiger partial charge >= 0.3 is 0 Å². The van der Waals surface area contributed by atoms with E-state index >= 15 is 0 Å². The molecule has 1 aromatic carbocycles. The highest BCUT2D eigenvalue weighted by atomic mass is 79.9. The Labute approximate surface area is 140 Å². The molecule has 1 saturated heterocycles. The molecule has 0 N–H and O–H groups in total. The second-order valence-corrected chi connectivity index (χ2v) is 9.58. The third-order valence-electron chi connectivity index (χ3n) is 3.38. The molecule has 0 bridgehead atoms. The molecule has 1 aromatic rings. The Hall–Kier alpha value is -0.510. The van der Waals surface area contributed by atoms with E-state index in [0.29, 0.717) is 5.75 Å². The Balaban J connectivity index is 2.46. The van der Waals surface area contributed by atoms with E-state index in [1.807, 2.05) is 6.92 Å². The molecule has 22 heavy (non-hydrogen) atoms. The van der Waals surface area contributed by atoms with Gasteiger partial charge in [0.05, 0.1) is 11.6 Å². The maximum Gasteiger partial charge on any atom is 0.246 e. The van der Waals surface area contributed by atoms with Gasteiger partial charge in [0.2, 0.25) is 10.0 Å². The molecular weight excluding hydrogens is 397 g/mol. The van der Waals surface area contributed by atoms with Crippen LogP contribution in [-0.2, 0) is 20.8 Å². The predicted octanol–water partition coefficient (Wildman–Crippen LogP) is 1.99. The molecule has 0 amide bonds. The number of halogens is 2. The van der Waals surface area contributed by atoms with Gasteiger partial charge in [-0.3, -0.25) is 4.21 Å². The Bertz CT molecular complexity index is 696. The summed E-state index contributed by atoms with van der Waals surface area (Å²) in [6.07, 6.45) is 0. The summed E-state index contributed by atoms with van der Waals surface area (Å²) in [6.45, 7) is 2.26. The van der Waals surface area contributed by atoms with Crippen LogP contribution < -0.4 is 4.74 Å². The molecule has 0 radical (unpaired) electrons. The molecule has 1 aliphatic heterocycles. The zero-order valence-electron chi connectivity index (χ0n) is 12.2. The quantitative estimate of drug-likeness (QED) is 0.759. The highest BCUT2D eigenvalue weighted by Gasteiger charge is 2.32. The average Bonchev–Trinajstić information content (AvgIpc) is 2.62. The first-order valence-electron chi connectivity index (χ1n) is 6.64. The Morgan fingerprint density at radius 3 is 2.77 bits per heavy atom. The highest BCUT2D eigenvalue weighted by Crippen LogP contribution is 2.32. The molecular formula is C13H17BrFNO4S2. The van der Waals surface area contributed by atoms with Crippen molar-refractivity contribution in [2.24, 2.45) is 5.92 Å². The van der Waals surface area contributed by atoms with Gasteiger partial charge in [0.25, 0.3) is 0 Å². The lowest BCUT2D eigenvalue weighted by Gasteiger charge is -2.23. The van der Waals surface area contributed by atoms with Crippen LogP contribution in [0, 0.1) is 11.7 Å². The van der Waals surface area contributed by atoms with E-state index in [4.69, 9.17) is 4.74 Å². The van der Waals surface area contributed by atoms with Crippen molar-refractivity contribution in [2.45, 2.75) is 11.8 Å². The van der Waals surface area contributed by atoms with Crippen LogP contribution in [0.25, 0.3) is 0 Å². The molecule has 2 atom stereocenters. The van der Waals surface area contributed by atoms with E-state index < -0.39 is 26.6 Å². The topological polar surface area (TPSA) is 63.7 Å². The molecule has 5 nitrogen and oxygen atoms in total. The van der Waals surface area contributed by atoms with Crippen molar-refractivity contribution in [2.75, 3.05) is 31.7 Å². The van der Waals surface area contributed by atoms with Gasteiger partial charge in [-0.1, -0.05) is 6.92 Å². The molecule has 0 aliphatic carbocycles. The van der Waals surface area contributed by atoms with Crippen molar-refractivity contribution < 1.29 is 21.8 Å². The van der Waals surface area contributed by atoms with Crippen LogP contribution in [0.15, 0.2) is 21.5 Å². The number of benzene rings is 1. The van der Waals surface area contributed by atoms with E-state index in [2.05, 4.69) is 15.9 Å². The first-order valence-corrected chi connectivity index (χ1v) is 10.4. The maximum atomic E-state index is 13.8. The SMILES string of the molecule is COc1cc(Br)c(F)cc1S(=O)(=O)N1CC[S@@](=O)C[C@H](C)C1.